The highest BCUT2D eigenvalue weighted by molar-refractivity contribution is 7.99. The van der Waals surface area contributed by atoms with Crippen molar-refractivity contribution >= 4 is 35.5 Å². The van der Waals surface area contributed by atoms with Crippen LogP contribution in [0.4, 0.5) is 0 Å². The van der Waals surface area contributed by atoms with Crippen LogP contribution in [-0.2, 0) is 19.2 Å². The molecule has 0 aromatic rings. The molecule has 0 rings (SSSR count). The Balaban J connectivity index is 4.27. The molecule has 0 aliphatic rings. The molecule has 0 bridgehead atoms. The molecule has 0 fully saturated rings. The van der Waals surface area contributed by atoms with Crippen molar-refractivity contribution in [2.75, 3.05) is 18.1 Å². The van der Waals surface area contributed by atoms with E-state index in [1.165, 1.54) is 50.3 Å². The fourth-order valence-corrected chi connectivity index (χ4v) is 3.73. The second-order valence-electron chi connectivity index (χ2n) is 7.26. The predicted molar refractivity (Wildman–Crippen MR) is 117 cm³/mol. The summed E-state index contributed by atoms with van der Waals surface area (Å²) in [4.78, 5) is 45.6. The van der Waals surface area contributed by atoms with Gasteiger partial charge in [-0.3, -0.25) is 19.2 Å². The Morgan fingerprint density at radius 2 is 1.57 bits per heavy atom. The first kappa shape index (κ1) is 28.2. The summed E-state index contributed by atoms with van der Waals surface area (Å²) in [6.45, 7) is 1.66. The van der Waals surface area contributed by atoms with Crippen LogP contribution < -0.4 is 16.4 Å². The normalized spacial score (nSPS) is 12.7. The zero-order chi connectivity index (χ0) is 22.8. The fraction of sp³-hybridized carbons (Fsp3) is 0.800. The van der Waals surface area contributed by atoms with Gasteiger partial charge in [0.15, 0.2) is 0 Å². The van der Waals surface area contributed by atoms with Crippen LogP contribution in [0.1, 0.15) is 71.1 Å². The van der Waals surface area contributed by atoms with E-state index < -0.39 is 42.4 Å². The van der Waals surface area contributed by atoms with Crippen molar-refractivity contribution < 1.29 is 29.4 Å². The van der Waals surface area contributed by atoms with Crippen molar-refractivity contribution in [1.82, 2.24) is 10.6 Å². The number of thioether (sulfide) groups is 1. The molecule has 6 N–H and O–H groups in total. The first-order valence-electron chi connectivity index (χ1n) is 10.6. The Morgan fingerprint density at radius 3 is 2.13 bits per heavy atom. The summed E-state index contributed by atoms with van der Waals surface area (Å²) in [6, 6.07) is -2.02. The summed E-state index contributed by atoms with van der Waals surface area (Å²) in [5.74, 6) is -2.27. The monoisotopic (exact) mass is 447 g/mol. The Labute approximate surface area is 182 Å². The van der Waals surface area contributed by atoms with Crippen LogP contribution in [0.3, 0.4) is 0 Å². The topological polar surface area (TPSA) is 159 Å². The quantitative estimate of drug-likeness (QED) is 0.187. The van der Waals surface area contributed by atoms with Gasteiger partial charge in [-0.25, -0.2) is 0 Å². The first-order valence-corrected chi connectivity index (χ1v) is 11.8. The van der Waals surface area contributed by atoms with Crippen LogP contribution in [0, 0.1) is 0 Å². The van der Waals surface area contributed by atoms with Crippen molar-refractivity contribution in [3.05, 3.63) is 0 Å². The molecule has 0 aromatic heterocycles. The highest BCUT2D eigenvalue weighted by Crippen LogP contribution is 2.12. The zero-order valence-corrected chi connectivity index (χ0v) is 18.7. The summed E-state index contributed by atoms with van der Waals surface area (Å²) in [6.07, 6.45) is 9.47. The molecule has 0 radical (unpaired) electrons. The maximum Gasteiger partial charge on any atom is 0.322 e. The number of carbonyl (C=O) groups is 4. The van der Waals surface area contributed by atoms with Crippen molar-refractivity contribution in [3.8, 4) is 0 Å². The molecule has 0 saturated heterocycles. The molecule has 0 aliphatic heterocycles. The van der Waals surface area contributed by atoms with Crippen molar-refractivity contribution in [2.24, 2.45) is 5.73 Å². The Kier molecular flexibility index (Phi) is 16.9. The number of hydrogen-bond acceptors (Lipinski definition) is 6. The number of rotatable bonds is 19. The molecule has 2 atom stereocenters. The van der Waals surface area contributed by atoms with Gasteiger partial charge in [0.2, 0.25) is 11.8 Å². The largest absolute Gasteiger partial charge is 0.480 e. The third-order valence-electron chi connectivity index (χ3n) is 4.49. The number of nitrogens with two attached hydrogens (primary N) is 1. The Bertz CT molecular complexity index is 533. The van der Waals surface area contributed by atoms with Crippen LogP contribution in [0.5, 0.6) is 0 Å². The molecule has 30 heavy (non-hydrogen) atoms. The SMILES string of the molecule is CCCCCCCCCCSC[C@H](NC(=O)CC[C@@H](N)C(=O)O)C(=O)NCC(=O)O. The minimum Gasteiger partial charge on any atom is -0.480 e. The third kappa shape index (κ3) is 16.0. The van der Waals surface area contributed by atoms with Gasteiger partial charge < -0.3 is 26.6 Å². The highest BCUT2D eigenvalue weighted by Gasteiger charge is 2.22. The molecule has 0 unspecified atom stereocenters. The van der Waals surface area contributed by atoms with Crippen molar-refractivity contribution in [2.45, 2.75) is 83.2 Å². The summed E-state index contributed by atoms with van der Waals surface area (Å²) in [7, 11) is 0. The van der Waals surface area contributed by atoms with E-state index in [2.05, 4.69) is 17.6 Å². The Hall–Kier alpha value is -1.81. The van der Waals surface area contributed by atoms with Gasteiger partial charge in [0, 0.05) is 12.2 Å². The van der Waals surface area contributed by atoms with Crippen molar-refractivity contribution in [3.63, 3.8) is 0 Å². The number of carboxylic acid groups (broad SMARTS) is 2. The van der Waals surface area contributed by atoms with E-state index in [-0.39, 0.29) is 12.8 Å². The number of hydrogen-bond donors (Lipinski definition) is 5. The van der Waals surface area contributed by atoms with Gasteiger partial charge in [-0.15, -0.1) is 0 Å². The average molecular weight is 448 g/mol. The number of aliphatic carboxylic acids is 2. The maximum absolute atomic E-state index is 12.2. The van der Waals surface area contributed by atoms with Crippen molar-refractivity contribution in [1.29, 1.82) is 0 Å². The second kappa shape index (κ2) is 18.0. The van der Waals surface area contributed by atoms with Crippen LogP contribution in [0.15, 0.2) is 0 Å². The first-order chi connectivity index (χ1) is 14.3. The van der Waals surface area contributed by atoms with E-state index in [0.717, 1.165) is 18.6 Å². The van der Waals surface area contributed by atoms with Gasteiger partial charge in [-0.05, 0) is 18.6 Å². The summed E-state index contributed by atoms with van der Waals surface area (Å²) in [5.41, 5.74) is 5.38. The molecular weight excluding hydrogens is 410 g/mol. The smallest absolute Gasteiger partial charge is 0.322 e. The molecule has 0 saturated carbocycles. The van der Waals surface area contributed by atoms with E-state index in [0.29, 0.717) is 5.75 Å². The van der Waals surface area contributed by atoms with E-state index in [9.17, 15) is 19.2 Å². The summed E-state index contributed by atoms with van der Waals surface area (Å²) in [5, 5.41) is 22.3. The van der Waals surface area contributed by atoms with Crippen LogP contribution in [0.25, 0.3) is 0 Å². The van der Waals surface area contributed by atoms with Gasteiger partial charge >= 0.3 is 11.9 Å². The maximum atomic E-state index is 12.2. The zero-order valence-electron chi connectivity index (χ0n) is 17.9. The lowest BCUT2D eigenvalue weighted by Crippen LogP contribution is -2.49. The lowest BCUT2D eigenvalue weighted by molar-refractivity contribution is -0.139. The second-order valence-corrected chi connectivity index (χ2v) is 8.41. The van der Waals surface area contributed by atoms with Gasteiger partial charge in [0.1, 0.15) is 18.6 Å². The summed E-state index contributed by atoms with van der Waals surface area (Å²) < 4.78 is 0. The number of unbranched alkanes of at least 4 members (excludes halogenated alkanes) is 7. The molecular formula is C20H37N3O6S. The Morgan fingerprint density at radius 1 is 0.967 bits per heavy atom. The lowest BCUT2D eigenvalue weighted by Gasteiger charge is -2.18. The number of nitrogens with one attached hydrogen (secondary N) is 2. The molecule has 10 heteroatoms. The van der Waals surface area contributed by atoms with Gasteiger partial charge in [-0.1, -0.05) is 51.9 Å². The standard InChI is InChI=1S/C20H37N3O6S/c1-2-3-4-5-6-7-8-9-12-30-14-16(19(27)22-13-18(25)26)23-17(24)11-10-15(21)20(28)29/h15-16H,2-14,21H2,1H3,(H,22,27)(H,23,24)(H,25,26)(H,28,29)/t15-,16+/m1/s1. The molecule has 0 heterocycles. The van der Waals surface area contributed by atoms with Crippen LogP contribution in [-0.4, -0.2) is 64.1 Å². The minimum absolute atomic E-state index is 0.0456. The molecule has 0 aromatic carbocycles. The van der Waals surface area contributed by atoms with Gasteiger partial charge in [0.25, 0.3) is 0 Å². The average Bonchev–Trinajstić information content (AvgIpc) is 2.70. The highest BCUT2D eigenvalue weighted by atomic mass is 32.2. The molecule has 2 amide bonds. The molecule has 174 valence electrons. The molecule has 0 aliphatic carbocycles. The third-order valence-corrected chi connectivity index (χ3v) is 5.64. The number of amides is 2. The predicted octanol–water partition coefficient (Wildman–Crippen LogP) is 1.74. The van der Waals surface area contributed by atoms with Gasteiger partial charge in [0.05, 0.1) is 0 Å². The van der Waals surface area contributed by atoms with E-state index >= 15 is 0 Å². The van der Waals surface area contributed by atoms with E-state index in [4.69, 9.17) is 15.9 Å². The lowest BCUT2D eigenvalue weighted by atomic mass is 10.1. The van der Waals surface area contributed by atoms with E-state index in [1.54, 1.807) is 0 Å². The number of carbonyl (C=O) groups excluding carboxylic acids is 2. The minimum atomic E-state index is -1.19. The summed E-state index contributed by atoms with van der Waals surface area (Å²) >= 11 is 1.53. The molecule has 9 nitrogen and oxygen atoms in total. The number of carboxylic acids is 2. The van der Waals surface area contributed by atoms with Crippen LogP contribution in [0.2, 0.25) is 0 Å². The molecule has 0 spiro atoms. The fourth-order valence-electron chi connectivity index (χ4n) is 2.68. The van der Waals surface area contributed by atoms with Crippen LogP contribution >= 0.6 is 11.8 Å². The van der Waals surface area contributed by atoms with Gasteiger partial charge in [-0.2, -0.15) is 11.8 Å². The van der Waals surface area contributed by atoms with E-state index in [1.807, 2.05) is 0 Å².